The van der Waals surface area contributed by atoms with Crippen LogP contribution in [-0.2, 0) is 4.79 Å². The smallest absolute Gasteiger partial charge is 0.244 e. The van der Waals surface area contributed by atoms with Crippen LogP contribution in [0.1, 0.15) is 12.5 Å². The maximum atomic E-state index is 12.6. The number of hydrogen-bond donors (Lipinski definition) is 3. The second-order valence-corrected chi connectivity index (χ2v) is 4.03. The van der Waals surface area contributed by atoms with Gasteiger partial charge in [-0.3, -0.25) is 4.79 Å². The minimum absolute atomic E-state index is 0.199. The molecule has 1 rings (SSSR count). The Morgan fingerprint density at radius 3 is 2.67 bits per heavy atom. The van der Waals surface area contributed by atoms with Crippen LogP contribution < -0.4 is 11.1 Å². The van der Waals surface area contributed by atoms with Crippen molar-refractivity contribution in [2.75, 3.05) is 6.54 Å². The van der Waals surface area contributed by atoms with Crippen LogP contribution in [0.3, 0.4) is 0 Å². The third-order valence-electron chi connectivity index (χ3n) is 2.43. The quantitative estimate of drug-likeness (QED) is 0.674. The van der Waals surface area contributed by atoms with Crippen LogP contribution in [0, 0.1) is 5.82 Å². The lowest BCUT2D eigenvalue weighted by Crippen LogP contribution is -2.43. The van der Waals surface area contributed by atoms with Gasteiger partial charge >= 0.3 is 0 Å². The molecule has 0 saturated heterocycles. The Morgan fingerprint density at radius 2 is 2.11 bits per heavy atom. The SMILES string of the molecule is CC(O)C(N)CNC(=O)C=Cc1ccc(F)cc1. The van der Waals surface area contributed by atoms with Gasteiger partial charge in [0, 0.05) is 18.7 Å². The number of aliphatic hydroxyl groups excluding tert-OH is 1. The third kappa shape index (κ3) is 5.07. The van der Waals surface area contributed by atoms with E-state index in [9.17, 15) is 9.18 Å². The summed E-state index contributed by atoms with van der Waals surface area (Å²) in [7, 11) is 0. The van der Waals surface area contributed by atoms with Gasteiger partial charge in [0.1, 0.15) is 5.82 Å². The van der Waals surface area contributed by atoms with Crippen molar-refractivity contribution in [2.24, 2.45) is 5.73 Å². The maximum absolute atomic E-state index is 12.6. The molecular weight excluding hydrogens is 235 g/mol. The molecule has 5 heteroatoms. The lowest BCUT2D eigenvalue weighted by molar-refractivity contribution is -0.116. The van der Waals surface area contributed by atoms with E-state index >= 15 is 0 Å². The minimum atomic E-state index is -0.675. The fourth-order valence-electron chi connectivity index (χ4n) is 1.19. The Hall–Kier alpha value is -1.72. The van der Waals surface area contributed by atoms with Crippen LogP contribution in [0.5, 0.6) is 0 Å². The second kappa shape index (κ2) is 6.88. The Bertz CT molecular complexity index is 416. The minimum Gasteiger partial charge on any atom is -0.392 e. The summed E-state index contributed by atoms with van der Waals surface area (Å²) in [4.78, 5) is 11.4. The van der Waals surface area contributed by atoms with E-state index in [0.29, 0.717) is 0 Å². The highest BCUT2D eigenvalue weighted by Gasteiger charge is 2.09. The van der Waals surface area contributed by atoms with E-state index in [1.807, 2.05) is 0 Å². The Kier molecular flexibility index (Phi) is 5.48. The van der Waals surface area contributed by atoms with Gasteiger partial charge in [-0.1, -0.05) is 12.1 Å². The van der Waals surface area contributed by atoms with Gasteiger partial charge in [-0.15, -0.1) is 0 Å². The van der Waals surface area contributed by atoms with Gasteiger partial charge in [-0.2, -0.15) is 0 Å². The van der Waals surface area contributed by atoms with Gasteiger partial charge in [0.05, 0.1) is 6.10 Å². The number of rotatable bonds is 5. The first kappa shape index (κ1) is 14.3. The summed E-state index contributed by atoms with van der Waals surface area (Å²) >= 11 is 0. The van der Waals surface area contributed by atoms with Gasteiger partial charge in [0.15, 0.2) is 0 Å². The van der Waals surface area contributed by atoms with Gasteiger partial charge < -0.3 is 16.2 Å². The molecule has 0 fully saturated rings. The summed E-state index contributed by atoms with van der Waals surface area (Å²) in [6, 6.07) is 5.29. The van der Waals surface area contributed by atoms with E-state index in [1.54, 1.807) is 25.1 Å². The predicted octanol–water partition coefficient (Wildman–Crippen LogP) is 0.663. The third-order valence-corrected chi connectivity index (χ3v) is 2.43. The number of carbonyl (C=O) groups is 1. The van der Waals surface area contributed by atoms with Crippen molar-refractivity contribution in [1.82, 2.24) is 5.32 Å². The molecule has 1 aromatic rings. The van der Waals surface area contributed by atoms with Crippen LogP contribution in [-0.4, -0.2) is 29.7 Å². The molecule has 4 nitrogen and oxygen atoms in total. The summed E-state index contributed by atoms with van der Waals surface area (Å²) < 4.78 is 12.6. The zero-order valence-corrected chi connectivity index (χ0v) is 10.1. The predicted molar refractivity (Wildman–Crippen MR) is 68.1 cm³/mol. The molecule has 0 aliphatic heterocycles. The van der Waals surface area contributed by atoms with E-state index in [2.05, 4.69) is 5.32 Å². The number of nitrogens with one attached hydrogen (secondary N) is 1. The van der Waals surface area contributed by atoms with Crippen molar-refractivity contribution < 1.29 is 14.3 Å². The number of aliphatic hydroxyl groups is 1. The monoisotopic (exact) mass is 252 g/mol. The molecule has 0 aromatic heterocycles. The molecule has 0 saturated carbocycles. The molecule has 0 aliphatic rings. The first-order valence-corrected chi connectivity index (χ1v) is 5.64. The molecule has 0 bridgehead atoms. The molecule has 1 aromatic carbocycles. The maximum Gasteiger partial charge on any atom is 0.244 e. The van der Waals surface area contributed by atoms with Crippen LogP contribution in [0.25, 0.3) is 6.08 Å². The molecule has 1 amide bonds. The fourth-order valence-corrected chi connectivity index (χ4v) is 1.19. The molecular formula is C13H17FN2O2. The highest BCUT2D eigenvalue weighted by molar-refractivity contribution is 5.91. The Morgan fingerprint density at radius 1 is 1.50 bits per heavy atom. The summed E-state index contributed by atoms with van der Waals surface area (Å²) in [5, 5.41) is 11.7. The van der Waals surface area contributed by atoms with Gasteiger partial charge in [-0.05, 0) is 30.7 Å². The molecule has 0 aliphatic carbocycles. The molecule has 98 valence electrons. The molecule has 0 radical (unpaired) electrons. The highest BCUT2D eigenvalue weighted by Crippen LogP contribution is 2.04. The number of benzene rings is 1. The van der Waals surface area contributed by atoms with Crippen LogP contribution >= 0.6 is 0 Å². The van der Waals surface area contributed by atoms with E-state index in [-0.39, 0.29) is 18.3 Å². The van der Waals surface area contributed by atoms with Crippen molar-refractivity contribution in [2.45, 2.75) is 19.1 Å². The van der Waals surface area contributed by atoms with Gasteiger partial charge in [-0.25, -0.2) is 4.39 Å². The highest BCUT2D eigenvalue weighted by atomic mass is 19.1. The summed E-state index contributed by atoms with van der Waals surface area (Å²) in [6.07, 6.45) is 2.23. The molecule has 2 unspecified atom stereocenters. The van der Waals surface area contributed by atoms with Crippen LogP contribution in [0.4, 0.5) is 4.39 Å². The molecule has 18 heavy (non-hydrogen) atoms. The molecule has 0 spiro atoms. The van der Waals surface area contributed by atoms with Crippen molar-refractivity contribution in [3.05, 3.63) is 41.7 Å². The molecule has 2 atom stereocenters. The normalized spacial score (nSPS) is 14.4. The van der Waals surface area contributed by atoms with Crippen molar-refractivity contribution in [3.8, 4) is 0 Å². The van der Waals surface area contributed by atoms with E-state index < -0.39 is 12.1 Å². The molecule has 4 N–H and O–H groups in total. The summed E-state index contributed by atoms with van der Waals surface area (Å²) in [5.74, 6) is -0.630. The zero-order chi connectivity index (χ0) is 13.5. The van der Waals surface area contributed by atoms with E-state index in [1.165, 1.54) is 18.2 Å². The number of halogens is 1. The lowest BCUT2D eigenvalue weighted by Gasteiger charge is -2.14. The molecule has 0 heterocycles. The van der Waals surface area contributed by atoms with Crippen molar-refractivity contribution in [3.63, 3.8) is 0 Å². The Labute approximate surface area is 105 Å². The van der Waals surface area contributed by atoms with Gasteiger partial charge in [0.2, 0.25) is 5.91 Å². The van der Waals surface area contributed by atoms with E-state index in [4.69, 9.17) is 10.8 Å². The van der Waals surface area contributed by atoms with Crippen LogP contribution in [0.2, 0.25) is 0 Å². The average molecular weight is 252 g/mol. The largest absolute Gasteiger partial charge is 0.392 e. The second-order valence-electron chi connectivity index (χ2n) is 4.03. The van der Waals surface area contributed by atoms with Crippen LogP contribution in [0.15, 0.2) is 30.3 Å². The van der Waals surface area contributed by atoms with Crippen molar-refractivity contribution in [1.29, 1.82) is 0 Å². The average Bonchev–Trinajstić information content (AvgIpc) is 2.35. The standard InChI is InChI=1S/C13H17FN2O2/c1-9(17)12(15)8-16-13(18)7-4-10-2-5-11(14)6-3-10/h2-7,9,12,17H,8,15H2,1H3,(H,16,18). The topological polar surface area (TPSA) is 75.3 Å². The Balaban J connectivity index is 2.42. The number of amides is 1. The lowest BCUT2D eigenvalue weighted by atomic mass is 10.2. The number of nitrogens with two attached hydrogens (primary N) is 1. The zero-order valence-electron chi connectivity index (χ0n) is 10.1. The fraction of sp³-hybridized carbons (Fsp3) is 0.308. The summed E-state index contributed by atoms with van der Waals surface area (Å²) in [6.45, 7) is 1.76. The van der Waals surface area contributed by atoms with Crippen molar-refractivity contribution >= 4 is 12.0 Å². The number of hydrogen-bond acceptors (Lipinski definition) is 3. The van der Waals surface area contributed by atoms with E-state index in [0.717, 1.165) is 5.56 Å². The van der Waals surface area contributed by atoms with Gasteiger partial charge in [0.25, 0.3) is 0 Å². The number of carbonyl (C=O) groups excluding carboxylic acids is 1. The summed E-state index contributed by atoms with van der Waals surface area (Å²) in [5.41, 5.74) is 6.29. The first-order chi connectivity index (χ1) is 8.49. The first-order valence-electron chi connectivity index (χ1n) is 5.64.